The summed E-state index contributed by atoms with van der Waals surface area (Å²) in [6.45, 7) is 1.78. The Labute approximate surface area is 91.1 Å². The quantitative estimate of drug-likeness (QED) is 0.503. The molecule has 1 aliphatic rings. The molecular weight excluding hydrogens is 210 g/mol. The van der Waals surface area contributed by atoms with Crippen molar-refractivity contribution in [3.8, 4) is 0 Å². The zero-order valence-electron chi connectivity index (χ0n) is 8.29. The molecule has 0 bridgehead atoms. The van der Waals surface area contributed by atoms with Crippen molar-refractivity contribution in [1.82, 2.24) is 15.0 Å². The lowest BCUT2D eigenvalue weighted by atomic mass is 10.3. The molecule has 0 aliphatic carbocycles. The lowest BCUT2D eigenvalue weighted by molar-refractivity contribution is 0.982. The molecule has 0 spiro atoms. The Kier molecular flexibility index (Phi) is 1.95. The summed E-state index contributed by atoms with van der Waals surface area (Å²) in [5.41, 5.74) is 1.97. The van der Waals surface area contributed by atoms with Gasteiger partial charge in [0.15, 0.2) is 5.16 Å². The molecule has 1 aliphatic heterocycles. The summed E-state index contributed by atoms with van der Waals surface area (Å²) in [5.74, 6) is 0.922. The highest BCUT2D eigenvalue weighted by atomic mass is 32.2. The smallest absolute Gasteiger partial charge is 0.191 e. The fraction of sp³-hybridized carbons (Fsp3) is 0.333. The molecule has 0 unspecified atom stereocenters. The molecule has 3 N–H and O–H groups in total. The van der Waals surface area contributed by atoms with Gasteiger partial charge >= 0.3 is 0 Å². The van der Waals surface area contributed by atoms with E-state index in [0.29, 0.717) is 0 Å². The fourth-order valence-corrected chi connectivity index (χ4v) is 2.11. The molecule has 0 radical (unpaired) electrons. The van der Waals surface area contributed by atoms with Gasteiger partial charge in [0.05, 0.1) is 11.1 Å². The van der Waals surface area contributed by atoms with Crippen LogP contribution in [0, 0.1) is 0 Å². The van der Waals surface area contributed by atoms with Gasteiger partial charge < -0.3 is 15.6 Å². The third-order valence-corrected chi connectivity index (χ3v) is 2.97. The minimum absolute atomic E-state index is 0.792. The molecule has 3 rings (SSSR count). The average Bonchev–Trinajstić information content (AvgIpc) is 2.55. The molecule has 0 saturated carbocycles. The van der Waals surface area contributed by atoms with E-state index in [2.05, 4.69) is 25.6 Å². The van der Waals surface area contributed by atoms with E-state index in [0.717, 1.165) is 40.8 Å². The van der Waals surface area contributed by atoms with Crippen LogP contribution in [0.3, 0.4) is 0 Å². The maximum absolute atomic E-state index is 4.46. The van der Waals surface area contributed by atoms with Gasteiger partial charge in [-0.1, -0.05) is 11.8 Å². The minimum Gasteiger partial charge on any atom is -0.381 e. The third-order valence-electron chi connectivity index (χ3n) is 2.43. The summed E-state index contributed by atoms with van der Waals surface area (Å²) < 4.78 is 0. The van der Waals surface area contributed by atoms with E-state index in [4.69, 9.17) is 0 Å². The molecule has 15 heavy (non-hydrogen) atoms. The van der Waals surface area contributed by atoms with Gasteiger partial charge in [-0.15, -0.1) is 0 Å². The fourth-order valence-electron chi connectivity index (χ4n) is 1.75. The highest BCUT2D eigenvalue weighted by molar-refractivity contribution is 7.98. The summed E-state index contributed by atoms with van der Waals surface area (Å²) in [7, 11) is 0. The molecule has 0 aromatic carbocycles. The molecule has 6 heteroatoms. The van der Waals surface area contributed by atoms with Gasteiger partial charge in [-0.3, -0.25) is 0 Å². The Morgan fingerprint density at radius 2 is 2.13 bits per heavy atom. The summed E-state index contributed by atoms with van der Waals surface area (Å²) in [6.07, 6.45) is 3.92. The first kappa shape index (κ1) is 8.84. The van der Waals surface area contributed by atoms with Gasteiger partial charge in [0.1, 0.15) is 11.5 Å². The number of hydrogen-bond acceptors (Lipinski definition) is 5. The van der Waals surface area contributed by atoms with Crippen LogP contribution in [0.15, 0.2) is 11.4 Å². The Morgan fingerprint density at radius 3 is 3.00 bits per heavy atom. The van der Waals surface area contributed by atoms with Crippen molar-refractivity contribution in [2.75, 3.05) is 30.0 Å². The van der Waals surface area contributed by atoms with E-state index in [9.17, 15) is 0 Å². The number of thioether (sulfide) groups is 1. The van der Waals surface area contributed by atoms with Crippen molar-refractivity contribution in [3.05, 3.63) is 6.20 Å². The van der Waals surface area contributed by atoms with Crippen LogP contribution < -0.4 is 10.6 Å². The van der Waals surface area contributed by atoms with Crippen LogP contribution in [0.5, 0.6) is 0 Å². The van der Waals surface area contributed by atoms with E-state index < -0.39 is 0 Å². The van der Waals surface area contributed by atoms with Crippen LogP contribution in [0.4, 0.5) is 11.5 Å². The Balaban J connectivity index is 2.31. The summed E-state index contributed by atoms with van der Waals surface area (Å²) in [5, 5.41) is 8.48. The predicted molar refractivity (Wildman–Crippen MR) is 62.6 cm³/mol. The van der Waals surface area contributed by atoms with E-state index in [-0.39, 0.29) is 0 Å². The number of nitrogens with one attached hydrogen (secondary N) is 3. The molecule has 0 saturated heterocycles. The van der Waals surface area contributed by atoms with Crippen molar-refractivity contribution in [2.45, 2.75) is 5.16 Å². The monoisotopic (exact) mass is 221 g/mol. The second-order valence-corrected chi connectivity index (χ2v) is 4.11. The van der Waals surface area contributed by atoms with Crippen LogP contribution in [0.1, 0.15) is 0 Å². The summed E-state index contributed by atoms with van der Waals surface area (Å²) >= 11 is 1.55. The highest BCUT2D eigenvalue weighted by Crippen LogP contribution is 2.30. The number of hydrogen-bond donors (Lipinski definition) is 3. The van der Waals surface area contributed by atoms with Gasteiger partial charge in [-0.2, -0.15) is 0 Å². The van der Waals surface area contributed by atoms with Crippen LogP contribution >= 0.6 is 11.8 Å². The average molecular weight is 221 g/mol. The number of anilines is 2. The summed E-state index contributed by atoms with van der Waals surface area (Å²) in [6, 6.07) is 0. The first-order valence-electron chi connectivity index (χ1n) is 4.79. The van der Waals surface area contributed by atoms with Gasteiger partial charge in [-0.05, 0) is 6.26 Å². The first-order chi connectivity index (χ1) is 7.38. The van der Waals surface area contributed by atoms with Crippen molar-refractivity contribution >= 4 is 34.3 Å². The van der Waals surface area contributed by atoms with E-state index >= 15 is 0 Å². The zero-order chi connectivity index (χ0) is 10.3. The lowest BCUT2D eigenvalue weighted by Crippen LogP contribution is -2.11. The number of rotatable bonds is 1. The van der Waals surface area contributed by atoms with E-state index in [1.54, 1.807) is 11.8 Å². The van der Waals surface area contributed by atoms with Crippen LogP contribution in [0.2, 0.25) is 0 Å². The van der Waals surface area contributed by atoms with Gasteiger partial charge in [0.25, 0.3) is 0 Å². The highest BCUT2D eigenvalue weighted by Gasteiger charge is 2.15. The molecule has 3 heterocycles. The molecule has 0 fully saturated rings. The van der Waals surface area contributed by atoms with Crippen LogP contribution in [-0.2, 0) is 0 Å². The Morgan fingerprint density at radius 1 is 1.27 bits per heavy atom. The van der Waals surface area contributed by atoms with Crippen LogP contribution in [-0.4, -0.2) is 34.3 Å². The normalized spacial score (nSPS) is 14.5. The molecular formula is C9H11N5S. The largest absolute Gasteiger partial charge is 0.381 e. The predicted octanol–water partition coefficient (Wildman–Crippen LogP) is 1.52. The first-order valence-corrected chi connectivity index (χ1v) is 6.02. The molecule has 2 aromatic rings. The van der Waals surface area contributed by atoms with E-state index in [1.807, 2.05) is 12.5 Å². The van der Waals surface area contributed by atoms with Crippen molar-refractivity contribution in [1.29, 1.82) is 0 Å². The molecule has 0 atom stereocenters. The maximum Gasteiger partial charge on any atom is 0.191 e. The van der Waals surface area contributed by atoms with E-state index in [1.165, 1.54) is 0 Å². The van der Waals surface area contributed by atoms with Gasteiger partial charge in [0.2, 0.25) is 0 Å². The second kappa shape index (κ2) is 3.30. The SMILES string of the molecule is CSc1nc2c3c(c[nH]c3n1)NCCN2. The third kappa shape index (κ3) is 1.32. The number of H-pyrrole nitrogens is 1. The Bertz CT molecular complexity index is 506. The molecule has 0 amide bonds. The zero-order valence-corrected chi connectivity index (χ0v) is 9.11. The van der Waals surface area contributed by atoms with Gasteiger partial charge in [-0.25, -0.2) is 9.97 Å². The molecule has 2 aromatic heterocycles. The molecule has 78 valence electrons. The molecule has 5 nitrogen and oxygen atoms in total. The Hall–Kier alpha value is -1.43. The van der Waals surface area contributed by atoms with Crippen molar-refractivity contribution < 1.29 is 0 Å². The standard InChI is InChI=1S/C9H11N5S/c1-15-9-13-7-6-5(10-2-3-11-7)4-12-8(6)14-9/h4,10H,2-3H2,1H3,(H2,11,12,13,14). The minimum atomic E-state index is 0.792. The number of aromatic nitrogens is 3. The van der Waals surface area contributed by atoms with Crippen molar-refractivity contribution in [3.63, 3.8) is 0 Å². The lowest BCUT2D eigenvalue weighted by Gasteiger charge is -2.04. The number of aromatic amines is 1. The van der Waals surface area contributed by atoms with Crippen LogP contribution in [0.25, 0.3) is 11.0 Å². The second-order valence-electron chi connectivity index (χ2n) is 3.34. The van der Waals surface area contributed by atoms with Crippen molar-refractivity contribution in [2.24, 2.45) is 0 Å². The van der Waals surface area contributed by atoms with Gasteiger partial charge in [0, 0.05) is 19.3 Å². The maximum atomic E-state index is 4.46. The summed E-state index contributed by atoms with van der Waals surface area (Å²) in [4.78, 5) is 12.0. The number of nitrogens with zero attached hydrogens (tertiary/aromatic N) is 2. The topological polar surface area (TPSA) is 65.6 Å².